The number of aliphatic hydroxyl groups excluding tert-OH is 10. The Labute approximate surface area is 593 Å². The number of hydrogen-bond acceptors (Lipinski definition) is 23. The minimum atomic E-state index is -5.69. The van der Waals surface area contributed by atoms with E-state index in [0.717, 1.165) is 96.3 Å². The molecule has 0 aromatic carbocycles. The highest BCUT2D eigenvalue weighted by atomic mass is 31.2. The molecule has 1 aliphatic carbocycles. The summed E-state index contributed by atoms with van der Waals surface area (Å²) in [6.07, 6.45) is 14.4. The van der Waals surface area contributed by atoms with Gasteiger partial charge in [-0.05, 0) is 19.3 Å². The number of unbranched alkanes of at least 4 members (excludes halogenated alkanes) is 41. The molecule has 0 radical (unpaired) electrons. The Hall–Kier alpha value is -2.04. The fourth-order valence-electron chi connectivity index (χ4n) is 13.2. The first-order valence-corrected chi connectivity index (χ1v) is 40.8. The average Bonchev–Trinajstić information content (AvgIpc) is 0.763. The summed E-state index contributed by atoms with van der Waals surface area (Å²) in [5.41, 5.74) is 0. The predicted octanol–water partition coefficient (Wildman–Crippen LogP) is 11.4. The van der Waals surface area contributed by atoms with Gasteiger partial charge in [0.1, 0.15) is 98.7 Å². The molecule has 18 atom stereocenters. The molecule has 0 bridgehead atoms. The fraction of sp³-hybridized carbons (Fsp3) is 0.959. The van der Waals surface area contributed by atoms with Gasteiger partial charge < -0.3 is 89.1 Å². The monoisotopic (exact) mass is 1440 g/mol. The lowest BCUT2D eigenvalue weighted by Gasteiger charge is -2.49. The van der Waals surface area contributed by atoms with Gasteiger partial charge in [-0.2, -0.15) is 0 Å². The number of hydrogen-bond donors (Lipinski definition) is 11. The Morgan fingerprint density at radius 3 is 0.990 bits per heavy atom. The van der Waals surface area contributed by atoms with E-state index >= 15 is 0 Å². The molecule has 0 amide bonds. The van der Waals surface area contributed by atoms with Crippen molar-refractivity contribution in [3.8, 4) is 0 Å². The number of phosphoric ester groups is 1. The van der Waals surface area contributed by atoms with Gasteiger partial charge in [0.15, 0.2) is 18.7 Å². The van der Waals surface area contributed by atoms with E-state index in [-0.39, 0.29) is 19.3 Å². The first-order chi connectivity index (χ1) is 47.8. The van der Waals surface area contributed by atoms with Gasteiger partial charge in [0.25, 0.3) is 0 Å². The molecule has 0 aromatic heterocycles. The predicted molar refractivity (Wildman–Crippen MR) is 375 cm³/mol. The number of rotatable bonds is 62. The highest BCUT2D eigenvalue weighted by Crippen LogP contribution is 2.49. The van der Waals surface area contributed by atoms with Crippen molar-refractivity contribution in [2.75, 3.05) is 26.4 Å². The summed E-state index contributed by atoms with van der Waals surface area (Å²) < 4.78 is 65.1. The molecule has 99 heavy (non-hydrogen) atoms. The topological polar surface area (TPSA) is 374 Å². The molecule has 1 saturated carbocycles. The third-order valence-electron chi connectivity index (χ3n) is 19.6. The maximum absolute atomic E-state index is 14.3. The van der Waals surface area contributed by atoms with E-state index in [4.69, 9.17) is 42.2 Å². The molecule has 2 saturated heterocycles. The van der Waals surface area contributed by atoms with Crippen molar-refractivity contribution in [2.24, 2.45) is 0 Å². The Bertz CT molecular complexity index is 2050. The zero-order valence-corrected chi connectivity index (χ0v) is 61.9. The molecule has 2 aliphatic heterocycles. The van der Waals surface area contributed by atoms with E-state index in [1.165, 1.54) is 167 Å². The highest BCUT2D eigenvalue weighted by Gasteiger charge is 2.58. The maximum atomic E-state index is 14.3. The summed E-state index contributed by atoms with van der Waals surface area (Å²) in [7, 11) is -5.69. The van der Waals surface area contributed by atoms with E-state index in [1.54, 1.807) is 0 Å². The summed E-state index contributed by atoms with van der Waals surface area (Å²) in [6, 6.07) is 0. The van der Waals surface area contributed by atoms with Crippen LogP contribution >= 0.6 is 7.82 Å². The molecule has 0 spiro atoms. The van der Waals surface area contributed by atoms with Crippen LogP contribution in [0.2, 0.25) is 0 Å². The molecule has 3 fully saturated rings. The van der Waals surface area contributed by atoms with Crippen LogP contribution in [0.4, 0.5) is 0 Å². The second-order valence-electron chi connectivity index (χ2n) is 28.4. The SMILES string of the molecule is CCCCCCCCCCCCCCCCCCCC(=O)OC(COC(=O)CCCCCCCCCCCCCC)COP(=O)(O)OC1C(OC2OC(CO)C(O)C(O)C2O)C(O)C(O)C(O)C1OC1OC(COC(=O)CCCCCCCCCCCCCCCCC)C(O)C(O)C1O. The van der Waals surface area contributed by atoms with Crippen molar-refractivity contribution < 1.29 is 117 Å². The van der Waals surface area contributed by atoms with Crippen molar-refractivity contribution in [2.45, 2.75) is 427 Å². The van der Waals surface area contributed by atoms with Gasteiger partial charge in [0.05, 0.1) is 13.2 Å². The number of carbonyl (C=O) groups excluding carboxylic acids is 3. The summed E-state index contributed by atoms with van der Waals surface area (Å²) in [5, 5.41) is 110. The molecule has 584 valence electrons. The fourth-order valence-corrected chi connectivity index (χ4v) is 14.2. The van der Waals surface area contributed by atoms with Crippen LogP contribution in [0.5, 0.6) is 0 Å². The summed E-state index contributed by atoms with van der Waals surface area (Å²) in [5.74, 6) is -1.97. The van der Waals surface area contributed by atoms with Crippen LogP contribution in [0.15, 0.2) is 0 Å². The standard InChI is InChI=1S/C74H139O24P/c1-4-7-10-13-16-19-22-25-27-28-30-32-35-38-41-44-47-50-60(78)93-55(52-90-58(76)48-45-42-39-36-33-24-21-18-15-12-9-6-3)53-92-99(88,89)98-72-70(96-73-68(86)63(81)61(79)56(51-75)94-73)66(84)65(83)67(85)71(72)97-74-69(87)64(82)62(80)57(95-74)54-91-59(77)49-46-43-40-37-34-31-29-26-23-20-17-14-11-8-5-2/h55-57,61-75,79-87H,4-54H2,1-3H3,(H,88,89). The second kappa shape index (κ2) is 56.3. The minimum absolute atomic E-state index is 0.0327. The second-order valence-corrected chi connectivity index (χ2v) is 29.8. The number of esters is 3. The molecule has 25 heteroatoms. The van der Waals surface area contributed by atoms with Crippen LogP contribution in [0.25, 0.3) is 0 Å². The Balaban J connectivity index is 1.71. The molecule has 11 N–H and O–H groups in total. The number of carbonyl (C=O) groups is 3. The Kier molecular flexibility index (Phi) is 51.9. The van der Waals surface area contributed by atoms with E-state index in [1.807, 2.05) is 0 Å². The van der Waals surface area contributed by atoms with Crippen LogP contribution in [0.1, 0.15) is 323 Å². The molecule has 24 nitrogen and oxygen atoms in total. The van der Waals surface area contributed by atoms with Gasteiger partial charge in [0.2, 0.25) is 0 Å². The summed E-state index contributed by atoms with van der Waals surface area (Å²) in [6.45, 7) is 3.49. The van der Waals surface area contributed by atoms with Gasteiger partial charge in [-0.25, -0.2) is 4.57 Å². The molecular formula is C74H139O24P. The van der Waals surface area contributed by atoms with Crippen molar-refractivity contribution in [3.63, 3.8) is 0 Å². The Morgan fingerprint density at radius 2 is 0.646 bits per heavy atom. The first-order valence-electron chi connectivity index (χ1n) is 39.3. The van der Waals surface area contributed by atoms with E-state index < -0.39 is 156 Å². The van der Waals surface area contributed by atoms with E-state index in [2.05, 4.69) is 20.8 Å². The van der Waals surface area contributed by atoms with Gasteiger partial charge in [-0.1, -0.05) is 284 Å². The van der Waals surface area contributed by atoms with Crippen molar-refractivity contribution in [3.05, 3.63) is 0 Å². The van der Waals surface area contributed by atoms with Crippen LogP contribution in [-0.4, -0.2) is 204 Å². The maximum Gasteiger partial charge on any atom is 0.472 e. The zero-order chi connectivity index (χ0) is 72.5. The summed E-state index contributed by atoms with van der Waals surface area (Å²) in [4.78, 5) is 51.0. The Morgan fingerprint density at radius 1 is 0.354 bits per heavy atom. The third kappa shape index (κ3) is 39.2. The number of ether oxygens (including phenoxy) is 7. The molecule has 0 aromatic rings. The van der Waals surface area contributed by atoms with Crippen LogP contribution < -0.4 is 0 Å². The quantitative estimate of drug-likeness (QED) is 0.0117. The van der Waals surface area contributed by atoms with Crippen molar-refractivity contribution >= 4 is 25.7 Å². The number of phosphoric acid groups is 1. The molecule has 3 rings (SSSR count). The molecule has 18 unspecified atom stereocenters. The highest BCUT2D eigenvalue weighted by molar-refractivity contribution is 7.47. The largest absolute Gasteiger partial charge is 0.472 e. The molecule has 3 aliphatic rings. The van der Waals surface area contributed by atoms with Gasteiger partial charge in [-0.3, -0.25) is 23.4 Å². The van der Waals surface area contributed by atoms with Crippen LogP contribution in [0.3, 0.4) is 0 Å². The normalized spacial score (nSPS) is 27.4. The van der Waals surface area contributed by atoms with E-state index in [9.17, 15) is 74.9 Å². The lowest BCUT2D eigenvalue weighted by molar-refractivity contribution is -0.360. The molecule has 2 heterocycles. The van der Waals surface area contributed by atoms with Gasteiger partial charge in [-0.15, -0.1) is 0 Å². The third-order valence-corrected chi connectivity index (χ3v) is 20.6. The molecular weight excluding hydrogens is 1300 g/mol. The smallest absolute Gasteiger partial charge is 0.463 e. The zero-order valence-electron chi connectivity index (χ0n) is 61.1. The summed E-state index contributed by atoms with van der Waals surface area (Å²) >= 11 is 0. The van der Waals surface area contributed by atoms with Crippen molar-refractivity contribution in [1.82, 2.24) is 0 Å². The average molecular weight is 1440 g/mol. The van der Waals surface area contributed by atoms with Crippen molar-refractivity contribution in [1.29, 1.82) is 0 Å². The first kappa shape index (κ1) is 91.2. The van der Waals surface area contributed by atoms with Gasteiger partial charge >= 0.3 is 25.7 Å². The lowest BCUT2D eigenvalue weighted by atomic mass is 9.84. The van der Waals surface area contributed by atoms with Crippen LogP contribution in [0, 0.1) is 0 Å². The lowest BCUT2D eigenvalue weighted by Crippen LogP contribution is -2.69. The number of aliphatic hydroxyl groups is 10. The van der Waals surface area contributed by atoms with Gasteiger partial charge in [0, 0.05) is 19.3 Å². The van der Waals surface area contributed by atoms with E-state index in [0.29, 0.717) is 19.3 Å². The van der Waals surface area contributed by atoms with Crippen LogP contribution in [-0.2, 0) is 61.2 Å². The minimum Gasteiger partial charge on any atom is -0.463 e.